The van der Waals surface area contributed by atoms with E-state index in [1.54, 1.807) is 11.3 Å². The van der Waals surface area contributed by atoms with E-state index in [4.69, 9.17) is 11.6 Å². The molecule has 2 aromatic rings. The van der Waals surface area contributed by atoms with Crippen molar-refractivity contribution in [3.8, 4) is 0 Å². The fraction of sp³-hybridized carbons (Fsp3) is 0.333. The number of hydrogen-bond donors (Lipinski definition) is 1. The molecule has 0 bridgehead atoms. The Hall–Kier alpha value is -0.990. The highest BCUT2D eigenvalue weighted by molar-refractivity contribution is 7.16. The van der Waals surface area contributed by atoms with Crippen LogP contribution in [0.2, 0.25) is 4.34 Å². The molecule has 0 aliphatic carbocycles. The van der Waals surface area contributed by atoms with Crippen molar-refractivity contribution in [2.75, 3.05) is 5.32 Å². The summed E-state index contributed by atoms with van der Waals surface area (Å²) in [5.74, 6) is 0. The zero-order valence-electron chi connectivity index (χ0n) is 10.7. The van der Waals surface area contributed by atoms with E-state index >= 15 is 0 Å². The van der Waals surface area contributed by atoms with Gasteiger partial charge in [-0.2, -0.15) is 0 Å². The minimum Gasteiger partial charge on any atom is -0.377 e. The summed E-state index contributed by atoms with van der Waals surface area (Å²) in [5, 5.41) is 3.58. The smallest absolute Gasteiger partial charge is 0.0932 e. The first-order valence-corrected chi connectivity index (χ1v) is 7.50. The molecule has 1 nitrogen and oxygen atoms in total. The van der Waals surface area contributed by atoms with Gasteiger partial charge in [0.15, 0.2) is 0 Å². The van der Waals surface area contributed by atoms with Crippen LogP contribution in [0, 0.1) is 0 Å². The zero-order valence-corrected chi connectivity index (χ0v) is 12.3. The number of para-hydroxylation sites is 1. The van der Waals surface area contributed by atoms with Crippen molar-refractivity contribution >= 4 is 28.6 Å². The number of benzene rings is 1. The van der Waals surface area contributed by atoms with Crippen molar-refractivity contribution in [1.82, 2.24) is 0 Å². The molecule has 0 spiro atoms. The van der Waals surface area contributed by atoms with Gasteiger partial charge < -0.3 is 5.32 Å². The van der Waals surface area contributed by atoms with E-state index in [1.807, 2.05) is 6.07 Å². The number of halogens is 1. The second-order valence-corrected chi connectivity index (χ2v) is 6.16. The predicted molar refractivity (Wildman–Crippen MR) is 81.8 cm³/mol. The number of anilines is 1. The van der Waals surface area contributed by atoms with Crippen LogP contribution in [0.1, 0.15) is 36.8 Å². The molecular weight excluding hydrogens is 262 g/mol. The third kappa shape index (κ3) is 3.27. The molecule has 1 atom stereocenters. The van der Waals surface area contributed by atoms with Gasteiger partial charge in [0.1, 0.15) is 0 Å². The van der Waals surface area contributed by atoms with Gasteiger partial charge in [-0.25, -0.2) is 0 Å². The maximum Gasteiger partial charge on any atom is 0.0932 e. The van der Waals surface area contributed by atoms with Crippen LogP contribution in [0.4, 0.5) is 5.69 Å². The molecule has 0 saturated carbocycles. The summed E-state index contributed by atoms with van der Waals surface area (Å²) in [6.45, 7) is 4.38. The van der Waals surface area contributed by atoms with Crippen LogP contribution in [0.15, 0.2) is 36.4 Å². The highest BCUT2D eigenvalue weighted by atomic mass is 35.5. The summed E-state index contributed by atoms with van der Waals surface area (Å²) in [6, 6.07) is 12.9. The molecule has 3 heteroatoms. The molecule has 0 fully saturated rings. The number of nitrogens with one attached hydrogen (secondary N) is 1. The number of hydrogen-bond acceptors (Lipinski definition) is 2. The van der Waals surface area contributed by atoms with Crippen molar-refractivity contribution in [2.24, 2.45) is 0 Å². The summed E-state index contributed by atoms with van der Waals surface area (Å²) in [5.41, 5.74) is 2.62. The summed E-state index contributed by atoms with van der Waals surface area (Å²) >= 11 is 7.62. The maximum atomic E-state index is 5.98. The van der Waals surface area contributed by atoms with Crippen LogP contribution in [0.5, 0.6) is 0 Å². The molecule has 2 rings (SSSR count). The summed E-state index contributed by atoms with van der Waals surface area (Å²) < 4.78 is 0.848. The van der Waals surface area contributed by atoms with Gasteiger partial charge >= 0.3 is 0 Å². The Labute approximate surface area is 118 Å². The first-order valence-electron chi connectivity index (χ1n) is 6.30. The van der Waals surface area contributed by atoms with Gasteiger partial charge in [-0.05, 0) is 37.1 Å². The van der Waals surface area contributed by atoms with Crippen molar-refractivity contribution in [2.45, 2.75) is 32.7 Å². The minimum atomic E-state index is 0.292. The van der Waals surface area contributed by atoms with E-state index in [1.165, 1.54) is 16.1 Å². The first kappa shape index (κ1) is 13.4. The van der Waals surface area contributed by atoms with Gasteiger partial charge in [-0.1, -0.05) is 43.1 Å². The minimum absolute atomic E-state index is 0.292. The van der Waals surface area contributed by atoms with E-state index in [2.05, 4.69) is 49.5 Å². The number of aryl methyl sites for hydroxylation is 1. The van der Waals surface area contributed by atoms with E-state index < -0.39 is 0 Å². The van der Waals surface area contributed by atoms with Crippen molar-refractivity contribution in [3.63, 3.8) is 0 Å². The maximum absolute atomic E-state index is 5.98. The lowest BCUT2D eigenvalue weighted by molar-refractivity contribution is 0.882. The molecular formula is C15H18ClNS. The molecule has 0 saturated heterocycles. The Morgan fingerprint density at radius 3 is 2.67 bits per heavy atom. The van der Waals surface area contributed by atoms with Crippen molar-refractivity contribution in [1.29, 1.82) is 0 Å². The monoisotopic (exact) mass is 279 g/mol. The summed E-state index contributed by atoms with van der Waals surface area (Å²) in [7, 11) is 0. The fourth-order valence-electron chi connectivity index (χ4n) is 2.01. The highest BCUT2D eigenvalue weighted by Crippen LogP contribution is 2.30. The average molecular weight is 280 g/mol. The number of thiophene rings is 1. The quantitative estimate of drug-likeness (QED) is 0.759. The lowest BCUT2D eigenvalue weighted by Crippen LogP contribution is -2.06. The highest BCUT2D eigenvalue weighted by Gasteiger charge is 2.09. The van der Waals surface area contributed by atoms with E-state index in [0.29, 0.717) is 6.04 Å². The van der Waals surface area contributed by atoms with Crippen molar-refractivity contribution in [3.05, 3.63) is 51.2 Å². The topological polar surface area (TPSA) is 12.0 Å². The molecule has 1 heterocycles. The lowest BCUT2D eigenvalue weighted by atomic mass is 10.1. The Bertz CT molecular complexity index is 507. The Kier molecular flexibility index (Phi) is 4.67. The van der Waals surface area contributed by atoms with Crippen molar-refractivity contribution < 1.29 is 0 Å². The van der Waals surface area contributed by atoms with Gasteiger partial charge in [0.2, 0.25) is 0 Å². The van der Waals surface area contributed by atoms with Crippen LogP contribution in [0.25, 0.3) is 0 Å². The second kappa shape index (κ2) is 6.26. The normalized spacial score (nSPS) is 12.4. The average Bonchev–Trinajstić information content (AvgIpc) is 2.79. The Morgan fingerprint density at radius 1 is 1.22 bits per heavy atom. The van der Waals surface area contributed by atoms with Crippen LogP contribution in [-0.4, -0.2) is 0 Å². The molecule has 0 radical (unpaired) electrons. The second-order valence-electron chi connectivity index (χ2n) is 4.42. The molecule has 1 aromatic carbocycles. The van der Waals surface area contributed by atoms with E-state index in [0.717, 1.165) is 17.2 Å². The summed E-state index contributed by atoms with van der Waals surface area (Å²) in [4.78, 5) is 1.27. The van der Waals surface area contributed by atoms with Crippen LogP contribution in [-0.2, 0) is 6.42 Å². The van der Waals surface area contributed by atoms with E-state index in [9.17, 15) is 0 Å². The third-order valence-electron chi connectivity index (χ3n) is 2.93. The van der Waals surface area contributed by atoms with Crippen LogP contribution >= 0.6 is 22.9 Å². The molecule has 1 unspecified atom stereocenters. The molecule has 1 N–H and O–H groups in total. The fourth-order valence-corrected chi connectivity index (χ4v) is 3.08. The van der Waals surface area contributed by atoms with Gasteiger partial charge in [0.05, 0.1) is 10.4 Å². The molecule has 96 valence electrons. The third-order valence-corrected chi connectivity index (χ3v) is 4.34. The molecule has 0 aliphatic heterocycles. The van der Waals surface area contributed by atoms with Gasteiger partial charge in [-0.3, -0.25) is 0 Å². The molecule has 0 aliphatic rings. The molecule has 1 aromatic heterocycles. The van der Waals surface area contributed by atoms with Gasteiger partial charge in [-0.15, -0.1) is 11.3 Å². The summed E-state index contributed by atoms with van der Waals surface area (Å²) in [6.07, 6.45) is 2.28. The SMILES string of the molecule is CCCc1ccccc1NC(C)c1ccc(Cl)s1. The predicted octanol–water partition coefficient (Wildman–Crippen LogP) is 5.53. The molecule has 18 heavy (non-hydrogen) atoms. The van der Waals surface area contributed by atoms with Gasteiger partial charge in [0.25, 0.3) is 0 Å². The largest absolute Gasteiger partial charge is 0.377 e. The zero-order chi connectivity index (χ0) is 13.0. The Balaban J connectivity index is 2.13. The van der Waals surface area contributed by atoms with Crippen LogP contribution in [0.3, 0.4) is 0 Å². The van der Waals surface area contributed by atoms with Gasteiger partial charge in [0, 0.05) is 10.6 Å². The standard InChI is InChI=1S/C15H18ClNS/c1-3-6-12-7-4-5-8-13(12)17-11(2)14-9-10-15(16)18-14/h4-5,7-11,17H,3,6H2,1-2H3. The van der Waals surface area contributed by atoms with E-state index in [-0.39, 0.29) is 0 Å². The first-order chi connectivity index (χ1) is 8.70. The molecule has 0 amide bonds. The number of rotatable bonds is 5. The lowest BCUT2D eigenvalue weighted by Gasteiger charge is -2.16. The van der Waals surface area contributed by atoms with Crippen LogP contribution < -0.4 is 5.32 Å². The Morgan fingerprint density at radius 2 is 2.00 bits per heavy atom.